The molecule has 0 amide bonds. The second kappa shape index (κ2) is 4.18. The number of carbonyl (C=O) groups is 1. The number of aliphatic hydroxyl groups is 1. The molecule has 0 aromatic heterocycles. The van der Waals surface area contributed by atoms with Crippen LogP contribution in [-0.4, -0.2) is 28.4 Å². The molecule has 1 aromatic carbocycles. The van der Waals surface area contributed by atoms with Gasteiger partial charge in [0.2, 0.25) is 0 Å². The minimum Gasteiger partial charge on any atom is -0.504 e. The largest absolute Gasteiger partial charge is 0.504 e. The first-order chi connectivity index (χ1) is 6.99. The number of methoxy groups -OCH3 is 1. The van der Waals surface area contributed by atoms with Crippen LogP contribution in [0.25, 0.3) is 0 Å². The second-order valence-corrected chi connectivity index (χ2v) is 3.09. The minimum atomic E-state index is -1.70. The third kappa shape index (κ3) is 2.02. The van der Waals surface area contributed by atoms with Gasteiger partial charge in [0, 0.05) is 5.56 Å². The molecule has 82 valence electrons. The lowest BCUT2D eigenvalue weighted by molar-refractivity contribution is -0.147. The molecule has 0 bridgehead atoms. The van der Waals surface area contributed by atoms with E-state index in [0.29, 0.717) is 5.56 Å². The van der Waals surface area contributed by atoms with Crippen molar-refractivity contribution in [3.63, 3.8) is 0 Å². The van der Waals surface area contributed by atoms with E-state index in [2.05, 4.69) is 0 Å². The zero-order valence-corrected chi connectivity index (χ0v) is 8.39. The fourth-order valence-corrected chi connectivity index (χ4v) is 1.36. The van der Waals surface area contributed by atoms with Crippen LogP contribution >= 0.6 is 0 Å². The maximum Gasteiger partial charge on any atom is 0.337 e. The first-order valence-corrected chi connectivity index (χ1v) is 4.26. The number of carboxylic acid groups (broad SMARTS) is 1. The average molecular weight is 212 g/mol. The number of aliphatic hydroxyl groups excluding tert-OH is 1. The predicted octanol–water partition coefficient (Wildman–Crippen LogP) is 0.827. The van der Waals surface area contributed by atoms with Crippen molar-refractivity contribution < 1.29 is 24.9 Å². The van der Waals surface area contributed by atoms with Crippen molar-refractivity contribution in [2.75, 3.05) is 7.11 Å². The van der Waals surface area contributed by atoms with Crippen LogP contribution in [0.4, 0.5) is 0 Å². The molecule has 1 aromatic rings. The third-order valence-corrected chi connectivity index (χ3v) is 2.10. The summed E-state index contributed by atoms with van der Waals surface area (Å²) in [5.41, 5.74) is 0.615. The van der Waals surface area contributed by atoms with Crippen molar-refractivity contribution in [2.24, 2.45) is 0 Å². The van der Waals surface area contributed by atoms with Crippen LogP contribution in [0.5, 0.6) is 11.5 Å². The minimum absolute atomic E-state index is 0.00935. The van der Waals surface area contributed by atoms with Crippen LogP contribution in [0.15, 0.2) is 12.1 Å². The molecular weight excluding hydrogens is 200 g/mol. The Morgan fingerprint density at radius 3 is 2.53 bits per heavy atom. The van der Waals surface area contributed by atoms with Gasteiger partial charge in [-0.3, -0.25) is 0 Å². The van der Waals surface area contributed by atoms with Gasteiger partial charge in [0.15, 0.2) is 17.6 Å². The third-order valence-electron chi connectivity index (χ3n) is 2.10. The number of aryl methyl sites for hydroxylation is 1. The van der Waals surface area contributed by atoms with Crippen LogP contribution in [0.3, 0.4) is 0 Å². The van der Waals surface area contributed by atoms with Gasteiger partial charge >= 0.3 is 5.97 Å². The van der Waals surface area contributed by atoms with Crippen LogP contribution in [-0.2, 0) is 4.79 Å². The summed E-state index contributed by atoms with van der Waals surface area (Å²) in [7, 11) is 1.30. The van der Waals surface area contributed by atoms with E-state index >= 15 is 0 Å². The molecule has 1 unspecified atom stereocenters. The highest BCUT2D eigenvalue weighted by atomic mass is 16.5. The number of aromatic hydroxyl groups is 1. The molecule has 0 aliphatic heterocycles. The Hall–Kier alpha value is -1.75. The molecule has 0 saturated heterocycles. The predicted molar refractivity (Wildman–Crippen MR) is 52.0 cm³/mol. The summed E-state index contributed by atoms with van der Waals surface area (Å²) in [6, 6.07) is 2.89. The molecule has 15 heavy (non-hydrogen) atoms. The van der Waals surface area contributed by atoms with Gasteiger partial charge in [-0.2, -0.15) is 0 Å². The lowest BCUT2D eigenvalue weighted by Gasteiger charge is -2.15. The van der Waals surface area contributed by atoms with Gasteiger partial charge < -0.3 is 20.1 Å². The molecule has 0 saturated carbocycles. The average Bonchev–Trinajstić information content (AvgIpc) is 2.19. The summed E-state index contributed by atoms with van der Waals surface area (Å²) in [5, 5.41) is 27.5. The van der Waals surface area contributed by atoms with Gasteiger partial charge in [-0.25, -0.2) is 4.79 Å². The fourth-order valence-electron chi connectivity index (χ4n) is 1.36. The normalized spacial score (nSPS) is 12.2. The van der Waals surface area contributed by atoms with E-state index in [1.165, 1.54) is 19.2 Å². The summed E-state index contributed by atoms with van der Waals surface area (Å²) < 4.78 is 4.85. The Bertz CT molecular complexity index is 386. The number of phenolic OH excluding ortho intramolecular Hbond substituents is 1. The van der Waals surface area contributed by atoms with Crippen molar-refractivity contribution in [1.82, 2.24) is 0 Å². The maximum atomic E-state index is 10.6. The van der Waals surface area contributed by atoms with Crippen molar-refractivity contribution >= 4 is 5.97 Å². The van der Waals surface area contributed by atoms with Crippen molar-refractivity contribution in [3.05, 3.63) is 23.3 Å². The van der Waals surface area contributed by atoms with E-state index in [1.807, 2.05) is 0 Å². The Labute approximate surface area is 86.5 Å². The highest BCUT2D eigenvalue weighted by Crippen LogP contribution is 2.36. The monoisotopic (exact) mass is 212 g/mol. The lowest BCUT2D eigenvalue weighted by Crippen LogP contribution is -2.13. The van der Waals surface area contributed by atoms with Gasteiger partial charge in [0.1, 0.15) is 0 Å². The Morgan fingerprint density at radius 1 is 1.47 bits per heavy atom. The summed E-state index contributed by atoms with van der Waals surface area (Å²) >= 11 is 0. The summed E-state index contributed by atoms with van der Waals surface area (Å²) in [4.78, 5) is 10.6. The molecule has 5 heteroatoms. The lowest BCUT2D eigenvalue weighted by atomic mass is 10.0. The van der Waals surface area contributed by atoms with E-state index in [-0.39, 0.29) is 17.1 Å². The highest BCUT2D eigenvalue weighted by molar-refractivity contribution is 5.76. The molecule has 0 heterocycles. The molecule has 3 N–H and O–H groups in total. The number of aliphatic carboxylic acids is 1. The van der Waals surface area contributed by atoms with Gasteiger partial charge in [-0.05, 0) is 18.6 Å². The first-order valence-electron chi connectivity index (χ1n) is 4.26. The smallest absolute Gasteiger partial charge is 0.337 e. The number of benzene rings is 1. The number of rotatable bonds is 3. The van der Waals surface area contributed by atoms with Crippen molar-refractivity contribution in [2.45, 2.75) is 13.0 Å². The number of hydrogen-bond donors (Lipinski definition) is 3. The SMILES string of the molecule is COc1c(O)ccc(C)c1C(O)C(=O)O. The number of phenols is 1. The molecule has 0 aliphatic carbocycles. The number of hydrogen-bond acceptors (Lipinski definition) is 4. The molecule has 0 aliphatic rings. The van der Waals surface area contributed by atoms with Crippen molar-refractivity contribution in [3.8, 4) is 11.5 Å². The van der Waals surface area contributed by atoms with Gasteiger partial charge in [-0.1, -0.05) is 6.07 Å². The van der Waals surface area contributed by atoms with E-state index in [0.717, 1.165) is 0 Å². The molecule has 5 nitrogen and oxygen atoms in total. The fraction of sp³-hybridized carbons (Fsp3) is 0.300. The molecule has 0 radical (unpaired) electrons. The zero-order chi connectivity index (χ0) is 11.6. The second-order valence-electron chi connectivity index (χ2n) is 3.09. The van der Waals surface area contributed by atoms with E-state index in [1.54, 1.807) is 6.92 Å². The van der Waals surface area contributed by atoms with Crippen molar-refractivity contribution in [1.29, 1.82) is 0 Å². The van der Waals surface area contributed by atoms with Gasteiger partial charge in [0.25, 0.3) is 0 Å². The Balaban J connectivity index is 3.37. The molecular formula is C10H12O5. The highest BCUT2D eigenvalue weighted by Gasteiger charge is 2.24. The van der Waals surface area contributed by atoms with Crippen LogP contribution in [0, 0.1) is 6.92 Å². The van der Waals surface area contributed by atoms with E-state index < -0.39 is 12.1 Å². The van der Waals surface area contributed by atoms with Crippen LogP contribution in [0.2, 0.25) is 0 Å². The molecule has 0 spiro atoms. The number of carboxylic acids is 1. The van der Waals surface area contributed by atoms with Crippen LogP contribution < -0.4 is 4.74 Å². The standard InChI is InChI=1S/C10H12O5/c1-5-3-4-6(11)9(15-2)7(5)8(12)10(13)14/h3-4,8,11-12H,1-2H3,(H,13,14). The quantitative estimate of drug-likeness (QED) is 0.690. The van der Waals surface area contributed by atoms with Gasteiger partial charge in [-0.15, -0.1) is 0 Å². The topological polar surface area (TPSA) is 87.0 Å². The first kappa shape index (κ1) is 11.3. The summed E-state index contributed by atoms with van der Waals surface area (Å²) in [6.45, 7) is 1.63. The Kier molecular flexibility index (Phi) is 3.16. The molecule has 1 rings (SSSR count). The number of ether oxygens (including phenoxy) is 1. The van der Waals surface area contributed by atoms with E-state index in [9.17, 15) is 15.0 Å². The van der Waals surface area contributed by atoms with E-state index in [4.69, 9.17) is 9.84 Å². The van der Waals surface area contributed by atoms with Gasteiger partial charge in [0.05, 0.1) is 7.11 Å². The summed E-state index contributed by atoms with van der Waals surface area (Å²) in [5.74, 6) is -1.59. The zero-order valence-electron chi connectivity index (χ0n) is 8.39. The molecule has 1 atom stereocenters. The maximum absolute atomic E-state index is 10.6. The van der Waals surface area contributed by atoms with Crippen LogP contribution in [0.1, 0.15) is 17.2 Å². The summed E-state index contributed by atoms with van der Waals surface area (Å²) in [6.07, 6.45) is -1.70. The molecule has 0 fully saturated rings. The Morgan fingerprint density at radius 2 is 2.07 bits per heavy atom.